The molecular weight excluding hydrogens is 232 g/mol. The van der Waals surface area contributed by atoms with Crippen molar-refractivity contribution < 1.29 is 14.7 Å². The SMILES string of the molecule is CCN(C(=O)N(C)C(C)C1CC1)C(C)(C)C(=O)O. The molecular formula is C13H24N2O3. The summed E-state index contributed by atoms with van der Waals surface area (Å²) < 4.78 is 0. The number of carbonyl (C=O) groups is 2. The van der Waals surface area contributed by atoms with Crippen molar-refractivity contribution in [1.82, 2.24) is 9.80 Å². The molecule has 104 valence electrons. The van der Waals surface area contributed by atoms with E-state index in [2.05, 4.69) is 0 Å². The number of carboxylic acids is 1. The fourth-order valence-electron chi connectivity index (χ4n) is 2.14. The average Bonchev–Trinajstić information content (AvgIpc) is 3.11. The average molecular weight is 256 g/mol. The van der Waals surface area contributed by atoms with E-state index in [0.29, 0.717) is 12.5 Å². The van der Waals surface area contributed by atoms with Crippen molar-refractivity contribution in [2.45, 2.75) is 52.1 Å². The van der Waals surface area contributed by atoms with Crippen LogP contribution in [0.2, 0.25) is 0 Å². The number of hydrogen-bond acceptors (Lipinski definition) is 2. The molecule has 1 aliphatic rings. The van der Waals surface area contributed by atoms with Gasteiger partial charge in [-0.3, -0.25) is 0 Å². The van der Waals surface area contributed by atoms with Crippen molar-refractivity contribution in [3.8, 4) is 0 Å². The number of nitrogens with zero attached hydrogens (tertiary/aromatic N) is 2. The van der Waals surface area contributed by atoms with Crippen LogP contribution in [0.5, 0.6) is 0 Å². The Balaban J connectivity index is 2.81. The zero-order chi connectivity index (χ0) is 14.1. The molecule has 0 radical (unpaired) electrons. The smallest absolute Gasteiger partial charge is 0.329 e. The lowest BCUT2D eigenvalue weighted by Gasteiger charge is -2.38. The van der Waals surface area contributed by atoms with Gasteiger partial charge in [-0.15, -0.1) is 0 Å². The van der Waals surface area contributed by atoms with Crippen LogP contribution in [0.1, 0.15) is 40.5 Å². The van der Waals surface area contributed by atoms with Gasteiger partial charge in [-0.25, -0.2) is 9.59 Å². The summed E-state index contributed by atoms with van der Waals surface area (Å²) in [5.41, 5.74) is -1.18. The number of urea groups is 1. The topological polar surface area (TPSA) is 60.9 Å². The molecule has 5 heteroatoms. The first-order chi connectivity index (χ1) is 8.23. The van der Waals surface area contributed by atoms with E-state index in [-0.39, 0.29) is 12.1 Å². The highest BCUT2D eigenvalue weighted by atomic mass is 16.4. The molecule has 0 aromatic heterocycles. The lowest BCUT2D eigenvalue weighted by molar-refractivity contribution is -0.147. The highest BCUT2D eigenvalue weighted by Crippen LogP contribution is 2.35. The largest absolute Gasteiger partial charge is 0.480 e. The van der Waals surface area contributed by atoms with Crippen molar-refractivity contribution in [2.24, 2.45) is 5.92 Å². The Kier molecular flexibility index (Phi) is 4.24. The molecule has 1 atom stereocenters. The van der Waals surface area contributed by atoms with Gasteiger partial charge in [0.1, 0.15) is 5.54 Å². The van der Waals surface area contributed by atoms with Crippen LogP contribution in [-0.4, -0.2) is 52.1 Å². The summed E-state index contributed by atoms with van der Waals surface area (Å²) in [4.78, 5) is 26.7. The second kappa shape index (κ2) is 5.16. The predicted molar refractivity (Wildman–Crippen MR) is 69.4 cm³/mol. The van der Waals surface area contributed by atoms with E-state index < -0.39 is 11.5 Å². The quantitative estimate of drug-likeness (QED) is 0.818. The van der Waals surface area contributed by atoms with Gasteiger partial charge in [-0.2, -0.15) is 0 Å². The Morgan fingerprint density at radius 2 is 1.89 bits per heavy atom. The molecule has 0 aliphatic heterocycles. The molecule has 1 aliphatic carbocycles. The van der Waals surface area contributed by atoms with Crippen LogP contribution in [0.15, 0.2) is 0 Å². The van der Waals surface area contributed by atoms with Crippen LogP contribution in [0.25, 0.3) is 0 Å². The maximum Gasteiger partial charge on any atom is 0.329 e. The third-order valence-electron chi connectivity index (χ3n) is 3.96. The normalized spacial score (nSPS) is 17.2. The van der Waals surface area contributed by atoms with Gasteiger partial charge in [0.15, 0.2) is 0 Å². The summed E-state index contributed by atoms with van der Waals surface area (Å²) in [6.07, 6.45) is 2.32. The van der Waals surface area contributed by atoms with E-state index >= 15 is 0 Å². The lowest BCUT2D eigenvalue weighted by Crippen LogP contribution is -2.57. The van der Waals surface area contributed by atoms with Gasteiger partial charge in [0.25, 0.3) is 0 Å². The zero-order valence-electron chi connectivity index (χ0n) is 11.9. The maximum absolute atomic E-state index is 12.4. The van der Waals surface area contributed by atoms with Crippen molar-refractivity contribution in [3.63, 3.8) is 0 Å². The van der Waals surface area contributed by atoms with E-state index in [1.807, 2.05) is 6.92 Å². The number of rotatable bonds is 5. The van der Waals surface area contributed by atoms with E-state index in [1.54, 1.807) is 32.7 Å². The number of likely N-dealkylation sites (N-methyl/N-ethyl adjacent to an activating group) is 1. The minimum absolute atomic E-state index is 0.177. The molecule has 2 amide bonds. The summed E-state index contributed by atoms with van der Waals surface area (Å²) in [5.74, 6) is -0.407. The Hall–Kier alpha value is -1.26. The summed E-state index contributed by atoms with van der Waals surface area (Å²) in [6.45, 7) is 7.34. The minimum atomic E-state index is -1.18. The van der Waals surface area contributed by atoms with Gasteiger partial charge in [0.05, 0.1) is 0 Å². The number of amides is 2. The molecule has 18 heavy (non-hydrogen) atoms. The standard InChI is InChI=1S/C13H24N2O3/c1-6-15(13(3,4)11(16)17)12(18)14(5)9(2)10-7-8-10/h9-10H,6-8H2,1-5H3,(H,16,17). The van der Waals surface area contributed by atoms with Crippen LogP contribution in [0.4, 0.5) is 4.79 Å². The molecule has 1 rings (SSSR count). The van der Waals surface area contributed by atoms with Gasteiger partial charge >= 0.3 is 12.0 Å². The first-order valence-electron chi connectivity index (χ1n) is 6.51. The summed E-state index contributed by atoms with van der Waals surface area (Å²) in [6, 6.07) is -0.0274. The number of hydrogen-bond donors (Lipinski definition) is 1. The van der Waals surface area contributed by atoms with Crippen LogP contribution in [-0.2, 0) is 4.79 Å². The fraction of sp³-hybridized carbons (Fsp3) is 0.846. The third kappa shape index (κ3) is 2.76. The number of carboxylic acid groups (broad SMARTS) is 1. The highest BCUT2D eigenvalue weighted by Gasteiger charge is 2.40. The first-order valence-corrected chi connectivity index (χ1v) is 6.51. The maximum atomic E-state index is 12.4. The molecule has 1 saturated carbocycles. The molecule has 1 fully saturated rings. The van der Waals surface area contributed by atoms with Crippen molar-refractivity contribution in [1.29, 1.82) is 0 Å². The Morgan fingerprint density at radius 1 is 1.39 bits per heavy atom. The van der Waals surface area contributed by atoms with Gasteiger partial charge in [0.2, 0.25) is 0 Å². The van der Waals surface area contributed by atoms with Crippen LogP contribution >= 0.6 is 0 Å². The van der Waals surface area contributed by atoms with Gasteiger partial charge in [-0.05, 0) is 46.5 Å². The predicted octanol–water partition coefficient (Wildman–Crippen LogP) is 2.02. The second-order valence-electron chi connectivity index (χ2n) is 5.58. The second-order valence-corrected chi connectivity index (χ2v) is 5.58. The molecule has 5 nitrogen and oxygen atoms in total. The Bertz CT molecular complexity index is 337. The minimum Gasteiger partial charge on any atom is -0.480 e. The van der Waals surface area contributed by atoms with E-state index in [4.69, 9.17) is 0 Å². The molecule has 0 aromatic rings. The summed E-state index contributed by atoms with van der Waals surface area (Å²) in [7, 11) is 1.76. The third-order valence-corrected chi connectivity index (χ3v) is 3.96. The van der Waals surface area contributed by atoms with Crippen LogP contribution in [0, 0.1) is 5.92 Å². The van der Waals surface area contributed by atoms with E-state index in [1.165, 1.54) is 4.90 Å². The zero-order valence-corrected chi connectivity index (χ0v) is 11.9. The molecule has 0 spiro atoms. The van der Waals surface area contributed by atoms with Crippen molar-refractivity contribution >= 4 is 12.0 Å². The van der Waals surface area contributed by atoms with E-state index in [9.17, 15) is 14.7 Å². The van der Waals surface area contributed by atoms with Crippen LogP contribution < -0.4 is 0 Å². The molecule has 0 heterocycles. The molecule has 0 aromatic carbocycles. The van der Waals surface area contributed by atoms with Gasteiger partial charge < -0.3 is 14.9 Å². The fourth-order valence-corrected chi connectivity index (χ4v) is 2.14. The molecule has 1 N–H and O–H groups in total. The van der Waals surface area contributed by atoms with Gasteiger partial charge in [0, 0.05) is 19.6 Å². The number of aliphatic carboxylic acids is 1. The van der Waals surface area contributed by atoms with E-state index in [0.717, 1.165) is 12.8 Å². The lowest BCUT2D eigenvalue weighted by atomic mass is 10.0. The monoisotopic (exact) mass is 256 g/mol. The highest BCUT2D eigenvalue weighted by molar-refractivity contribution is 5.85. The van der Waals surface area contributed by atoms with Gasteiger partial charge in [-0.1, -0.05) is 0 Å². The van der Waals surface area contributed by atoms with Crippen molar-refractivity contribution in [3.05, 3.63) is 0 Å². The van der Waals surface area contributed by atoms with Crippen LogP contribution in [0.3, 0.4) is 0 Å². The Labute approximate surface area is 109 Å². The summed E-state index contributed by atoms with van der Waals surface area (Å²) >= 11 is 0. The molecule has 0 saturated heterocycles. The number of carbonyl (C=O) groups excluding carboxylic acids is 1. The van der Waals surface area contributed by atoms with Crippen molar-refractivity contribution in [2.75, 3.05) is 13.6 Å². The molecule has 1 unspecified atom stereocenters. The first kappa shape index (κ1) is 14.8. The Morgan fingerprint density at radius 3 is 2.22 bits per heavy atom. The summed E-state index contributed by atoms with van der Waals surface area (Å²) in [5, 5.41) is 9.22. The molecule has 0 bridgehead atoms.